The Morgan fingerprint density at radius 2 is 1.88 bits per heavy atom. The summed E-state index contributed by atoms with van der Waals surface area (Å²) in [4.78, 5) is 18.0. The molecule has 4 rings (SSSR count). The zero-order valence-electron chi connectivity index (χ0n) is 19.4. The Bertz CT molecular complexity index is 1380. The molecule has 0 aliphatic heterocycles. The summed E-state index contributed by atoms with van der Waals surface area (Å²) in [5.74, 6) is 1.93. The lowest BCUT2D eigenvalue weighted by molar-refractivity contribution is 0.284. The van der Waals surface area contributed by atoms with Gasteiger partial charge < -0.3 is 9.47 Å². The summed E-state index contributed by atoms with van der Waals surface area (Å²) in [6.45, 7) is 4.55. The predicted molar refractivity (Wildman–Crippen MR) is 139 cm³/mol. The third-order valence-corrected chi connectivity index (χ3v) is 6.13. The maximum absolute atomic E-state index is 13.3. The molecule has 0 unspecified atom stereocenters. The van der Waals surface area contributed by atoms with Crippen molar-refractivity contribution < 1.29 is 9.47 Å². The molecule has 1 aromatic heterocycles. The Balaban J connectivity index is 1.66. The van der Waals surface area contributed by atoms with Gasteiger partial charge in [0, 0.05) is 10.4 Å². The molecular weight excluding hydrogens is 494 g/mol. The van der Waals surface area contributed by atoms with Gasteiger partial charge in [-0.1, -0.05) is 60.1 Å². The molecule has 0 aliphatic rings. The summed E-state index contributed by atoms with van der Waals surface area (Å²) in [5, 5.41) is 5.04. The fourth-order valence-corrected chi connectivity index (χ4v) is 3.88. The number of nitrogens with zero attached hydrogens (tertiary/aromatic N) is 3. The lowest BCUT2D eigenvalue weighted by Crippen LogP contribution is -2.23. The molecule has 1 heterocycles. The number of halogens is 1. The van der Waals surface area contributed by atoms with Crippen LogP contribution in [-0.4, -0.2) is 23.0 Å². The van der Waals surface area contributed by atoms with Crippen molar-refractivity contribution >= 4 is 33.0 Å². The van der Waals surface area contributed by atoms with E-state index in [1.807, 2.05) is 67.6 Å². The molecule has 0 radical (unpaired) electrons. The van der Waals surface area contributed by atoms with Crippen molar-refractivity contribution in [3.8, 4) is 11.5 Å². The van der Waals surface area contributed by atoms with E-state index in [4.69, 9.17) is 14.5 Å². The topological polar surface area (TPSA) is 65.7 Å². The monoisotopic (exact) mass is 519 g/mol. The van der Waals surface area contributed by atoms with E-state index in [-0.39, 0.29) is 11.5 Å². The number of rotatable bonds is 8. The number of methoxy groups -OCH3 is 1. The highest BCUT2D eigenvalue weighted by Crippen LogP contribution is 2.28. The van der Waals surface area contributed by atoms with Gasteiger partial charge in [-0.3, -0.25) is 4.79 Å². The summed E-state index contributed by atoms with van der Waals surface area (Å²) in [6.07, 6.45) is 2.48. The molecule has 0 amide bonds. The van der Waals surface area contributed by atoms with Crippen LogP contribution in [0.2, 0.25) is 0 Å². The fraction of sp³-hybridized carbons (Fsp3) is 0.222. The highest BCUT2D eigenvalue weighted by atomic mass is 79.9. The van der Waals surface area contributed by atoms with E-state index in [0.29, 0.717) is 34.8 Å². The summed E-state index contributed by atoms with van der Waals surface area (Å²) in [6, 6.07) is 21.0. The highest BCUT2D eigenvalue weighted by molar-refractivity contribution is 9.10. The molecular formula is C27H26BrN3O3. The van der Waals surface area contributed by atoms with Crippen molar-refractivity contribution in [2.24, 2.45) is 5.10 Å². The standard InChI is InChI=1S/C27H26BrN3O3/c1-4-18(2)26-30-23-12-11-21(28)15-22(23)27(32)31(26)29-16-20-10-13-24(25(14-20)33-3)34-17-19-8-6-5-7-9-19/h5-16,18H,4,17H2,1-3H3/t18-/m1/s1. The van der Waals surface area contributed by atoms with E-state index in [1.165, 1.54) is 4.68 Å². The van der Waals surface area contributed by atoms with E-state index in [0.717, 1.165) is 22.0 Å². The van der Waals surface area contributed by atoms with Gasteiger partial charge in [0.15, 0.2) is 11.5 Å². The summed E-state index contributed by atoms with van der Waals surface area (Å²) >= 11 is 3.44. The van der Waals surface area contributed by atoms with Gasteiger partial charge in [-0.15, -0.1) is 0 Å². The van der Waals surface area contributed by atoms with Gasteiger partial charge in [-0.05, 0) is 53.9 Å². The van der Waals surface area contributed by atoms with Gasteiger partial charge in [-0.25, -0.2) is 4.98 Å². The van der Waals surface area contributed by atoms with Crippen LogP contribution in [-0.2, 0) is 6.61 Å². The lowest BCUT2D eigenvalue weighted by atomic mass is 10.1. The minimum Gasteiger partial charge on any atom is -0.493 e. The van der Waals surface area contributed by atoms with Crippen molar-refractivity contribution in [2.45, 2.75) is 32.8 Å². The largest absolute Gasteiger partial charge is 0.493 e. The van der Waals surface area contributed by atoms with Gasteiger partial charge in [0.1, 0.15) is 12.4 Å². The quantitative estimate of drug-likeness (QED) is 0.262. The predicted octanol–water partition coefficient (Wildman–Crippen LogP) is 6.14. The van der Waals surface area contributed by atoms with Crippen LogP contribution in [0, 0.1) is 0 Å². The van der Waals surface area contributed by atoms with Crippen LogP contribution in [0.5, 0.6) is 11.5 Å². The average Bonchev–Trinajstić information content (AvgIpc) is 2.87. The number of aromatic nitrogens is 2. The molecule has 0 aliphatic carbocycles. The molecule has 0 bridgehead atoms. The number of hydrogen-bond donors (Lipinski definition) is 0. The zero-order chi connectivity index (χ0) is 24.1. The minimum absolute atomic E-state index is 0.0706. The van der Waals surface area contributed by atoms with Crippen molar-refractivity contribution in [1.29, 1.82) is 0 Å². The molecule has 0 saturated carbocycles. The van der Waals surface area contributed by atoms with Crippen LogP contribution in [0.4, 0.5) is 0 Å². The molecule has 4 aromatic rings. The van der Waals surface area contributed by atoms with E-state index in [2.05, 4.69) is 28.0 Å². The minimum atomic E-state index is -0.201. The summed E-state index contributed by atoms with van der Waals surface area (Å²) < 4.78 is 13.7. The summed E-state index contributed by atoms with van der Waals surface area (Å²) in [7, 11) is 1.60. The van der Waals surface area contributed by atoms with E-state index >= 15 is 0 Å². The third kappa shape index (κ3) is 5.20. The van der Waals surface area contributed by atoms with Crippen LogP contribution in [0.3, 0.4) is 0 Å². The Kier molecular flexibility index (Phi) is 7.43. The maximum atomic E-state index is 13.3. The van der Waals surface area contributed by atoms with E-state index in [9.17, 15) is 4.79 Å². The van der Waals surface area contributed by atoms with E-state index < -0.39 is 0 Å². The first-order valence-corrected chi connectivity index (χ1v) is 11.9. The van der Waals surface area contributed by atoms with Crippen LogP contribution < -0.4 is 15.0 Å². The Labute approximate surface area is 207 Å². The molecule has 0 fully saturated rings. The van der Waals surface area contributed by atoms with Gasteiger partial charge in [0.05, 0.1) is 24.2 Å². The highest BCUT2D eigenvalue weighted by Gasteiger charge is 2.15. The van der Waals surface area contributed by atoms with Crippen LogP contribution >= 0.6 is 15.9 Å². The second-order valence-electron chi connectivity index (χ2n) is 7.99. The Hall–Kier alpha value is -3.45. The number of ether oxygens (including phenoxy) is 2. The Morgan fingerprint density at radius 1 is 1.09 bits per heavy atom. The summed E-state index contributed by atoms with van der Waals surface area (Å²) in [5.41, 5.74) is 2.31. The van der Waals surface area contributed by atoms with Gasteiger partial charge in [0.25, 0.3) is 5.56 Å². The molecule has 0 N–H and O–H groups in total. The SMILES string of the molecule is CC[C@@H](C)c1nc2ccc(Br)cc2c(=O)n1N=Cc1ccc(OCc2ccccc2)c(OC)c1. The van der Waals surface area contributed by atoms with Crippen LogP contribution in [0.15, 0.2) is 81.1 Å². The smallest absolute Gasteiger partial charge is 0.282 e. The molecule has 174 valence electrons. The second kappa shape index (κ2) is 10.7. The van der Waals surface area contributed by atoms with Crippen molar-refractivity contribution in [1.82, 2.24) is 9.66 Å². The molecule has 1 atom stereocenters. The number of benzene rings is 3. The number of hydrogen-bond acceptors (Lipinski definition) is 5. The zero-order valence-corrected chi connectivity index (χ0v) is 21.0. The average molecular weight is 520 g/mol. The first-order valence-electron chi connectivity index (χ1n) is 11.1. The lowest BCUT2D eigenvalue weighted by Gasteiger charge is -2.14. The van der Waals surface area contributed by atoms with Gasteiger partial charge in [0.2, 0.25) is 0 Å². The van der Waals surface area contributed by atoms with E-state index in [1.54, 1.807) is 19.4 Å². The normalized spacial score (nSPS) is 12.2. The molecule has 6 nitrogen and oxygen atoms in total. The molecule has 3 aromatic carbocycles. The number of fused-ring (bicyclic) bond motifs is 1. The molecule has 0 spiro atoms. The first-order chi connectivity index (χ1) is 16.5. The Morgan fingerprint density at radius 3 is 2.62 bits per heavy atom. The fourth-order valence-electron chi connectivity index (χ4n) is 3.52. The van der Waals surface area contributed by atoms with Crippen molar-refractivity contribution in [2.75, 3.05) is 7.11 Å². The van der Waals surface area contributed by atoms with Crippen LogP contribution in [0.25, 0.3) is 10.9 Å². The van der Waals surface area contributed by atoms with Crippen molar-refractivity contribution in [3.05, 3.63) is 98.5 Å². The first kappa shape index (κ1) is 23.7. The molecule has 7 heteroatoms. The molecule has 0 saturated heterocycles. The van der Waals surface area contributed by atoms with Crippen LogP contribution in [0.1, 0.15) is 43.1 Å². The van der Waals surface area contributed by atoms with Gasteiger partial charge >= 0.3 is 0 Å². The maximum Gasteiger partial charge on any atom is 0.282 e. The van der Waals surface area contributed by atoms with Gasteiger partial charge in [-0.2, -0.15) is 9.78 Å². The second-order valence-corrected chi connectivity index (χ2v) is 8.90. The molecule has 34 heavy (non-hydrogen) atoms. The van der Waals surface area contributed by atoms with Crippen molar-refractivity contribution in [3.63, 3.8) is 0 Å². The third-order valence-electron chi connectivity index (χ3n) is 5.63.